The van der Waals surface area contributed by atoms with Gasteiger partial charge in [-0.1, -0.05) is 30.9 Å². The largest absolute Gasteiger partial charge is 0.366 e. The Morgan fingerprint density at radius 1 is 1.18 bits per heavy atom. The number of benzene rings is 2. The zero-order valence-electron chi connectivity index (χ0n) is 18.5. The number of aromatic nitrogens is 3. The molecule has 1 N–H and O–H groups in total. The number of amides is 1. The van der Waals surface area contributed by atoms with Gasteiger partial charge in [-0.05, 0) is 17.7 Å². The normalized spacial score (nSPS) is 13.3. The Labute approximate surface area is 189 Å². The van der Waals surface area contributed by atoms with Crippen LogP contribution >= 0.6 is 0 Å². The van der Waals surface area contributed by atoms with Gasteiger partial charge in [0, 0.05) is 30.4 Å². The van der Waals surface area contributed by atoms with Crippen molar-refractivity contribution in [3.05, 3.63) is 70.5 Å². The Hall–Kier alpha value is -3.66. The Bertz CT molecular complexity index is 1470. The number of hydrogen-bond donors (Lipinski definition) is 1. The summed E-state index contributed by atoms with van der Waals surface area (Å²) in [6.07, 6.45) is 1.27. The minimum atomic E-state index is -1.67. The molecule has 1 amide bonds. The number of aliphatic imine (C=N–C) groups is 1. The first-order valence-corrected chi connectivity index (χ1v) is 13.9. The Morgan fingerprint density at radius 3 is 2.70 bits per heavy atom. The quantitative estimate of drug-likeness (QED) is 0.462. The highest BCUT2D eigenvalue weighted by molar-refractivity contribution is 6.87. The second kappa shape index (κ2) is 7.44. The topological polar surface area (TPSA) is 85.3 Å². The van der Waals surface area contributed by atoms with Gasteiger partial charge >= 0.3 is 0 Å². The molecular weight excluding hydrogens is 444 g/mol. The summed E-state index contributed by atoms with van der Waals surface area (Å²) >= 11 is 0. The van der Waals surface area contributed by atoms with E-state index in [-0.39, 0.29) is 10.9 Å². The molecule has 2 aromatic carbocycles. The molecule has 33 heavy (non-hydrogen) atoms. The van der Waals surface area contributed by atoms with Gasteiger partial charge in [0.15, 0.2) is 0 Å². The van der Waals surface area contributed by atoms with Crippen LogP contribution in [0.15, 0.2) is 46.0 Å². The van der Waals surface area contributed by atoms with Crippen LogP contribution in [0, 0.1) is 11.6 Å². The molecule has 0 saturated carbocycles. The van der Waals surface area contributed by atoms with E-state index in [0.29, 0.717) is 23.6 Å². The molecule has 0 saturated heterocycles. The van der Waals surface area contributed by atoms with Gasteiger partial charge in [-0.25, -0.2) is 8.78 Å². The molecule has 0 spiro atoms. The Kier molecular flexibility index (Phi) is 4.78. The highest BCUT2D eigenvalue weighted by atomic mass is 28.3. The third-order valence-corrected chi connectivity index (χ3v) is 7.41. The summed E-state index contributed by atoms with van der Waals surface area (Å²) in [6, 6.07) is 8.27. The average Bonchev–Trinajstić information content (AvgIpc) is 3.46. The number of nitrogens with zero attached hydrogens (tertiary/aromatic N) is 4. The molecule has 0 unspecified atom stereocenters. The molecule has 0 radical (unpaired) electrons. The molecule has 0 aliphatic carbocycles. The number of carbonyl (C=O) groups is 1. The summed E-state index contributed by atoms with van der Waals surface area (Å²) in [5.74, 6) is -2.78. The molecule has 5 rings (SSSR count). The predicted molar refractivity (Wildman–Crippen MR) is 124 cm³/mol. The van der Waals surface area contributed by atoms with Gasteiger partial charge in [0.05, 0.1) is 29.4 Å². The molecule has 7 nitrogen and oxygen atoms in total. The number of nitrogens with one attached hydrogen (secondary N) is 1. The lowest BCUT2D eigenvalue weighted by Gasteiger charge is -2.10. The second-order valence-electron chi connectivity index (χ2n) is 9.07. The molecule has 3 heterocycles. The van der Waals surface area contributed by atoms with Crippen LogP contribution in [-0.2, 0) is 13.6 Å². The first-order chi connectivity index (χ1) is 15.6. The van der Waals surface area contributed by atoms with Crippen LogP contribution in [0.4, 0.5) is 14.5 Å². The number of anilines is 1. The summed E-state index contributed by atoms with van der Waals surface area (Å²) in [7, 11) is -0.0968. The standard InChI is InChI=1S/C23H21F2N5O2Si/c1-30-18-8-16(24)20(21(25)15(18)11-27-30)23(31)28-13-6-5-12-10-26-22(14(12)7-13)17-9-19(32-29-17)33(2,3)4/h5-9,11H,10H2,1-4H3,(H,28,31). The van der Waals surface area contributed by atoms with Crippen molar-refractivity contribution in [1.82, 2.24) is 14.9 Å². The van der Waals surface area contributed by atoms with Crippen molar-refractivity contribution in [3.8, 4) is 0 Å². The van der Waals surface area contributed by atoms with Gasteiger partial charge in [0.2, 0.25) is 0 Å². The fraction of sp³-hybridized carbons (Fsp3) is 0.217. The van der Waals surface area contributed by atoms with E-state index in [0.717, 1.165) is 22.6 Å². The van der Waals surface area contributed by atoms with Gasteiger partial charge in [0.1, 0.15) is 36.3 Å². The summed E-state index contributed by atoms with van der Waals surface area (Å²) < 4.78 is 36.4. The maximum Gasteiger partial charge on any atom is 0.261 e. The number of rotatable bonds is 4. The summed E-state index contributed by atoms with van der Waals surface area (Å²) in [4.78, 5) is 17.4. The van der Waals surface area contributed by atoms with E-state index < -0.39 is 31.2 Å². The van der Waals surface area contributed by atoms with E-state index in [9.17, 15) is 13.6 Å². The van der Waals surface area contributed by atoms with Crippen LogP contribution < -0.4 is 10.7 Å². The number of fused-ring (bicyclic) bond motifs is 2. The zero-order chi connectivity index (χ0) is 23.5. The molecule has 4 aromatic rings. The molecule has 0 atom stereocenters. The van der Waals surface area contributed by atoms with Crippen LogP contribution in [0.1, 0.15) is 27.2 Å². The summed E-state index contributed by atoms with van der Waals surface area (Å²) in [5.41, 5.74) is 3.08. The van der Waals surface area contributed by atoms with Crippen LogP contribution in [0.25, 0.3) is 10.9 Å². The SMILES string of the molecule is Cn1ncc2c(F)c(C(=O)Nc3ccc4c(c3)C(c3cc([Si](C)(C)C)on3)=NC4)c(F)cc21. The summed E-state index contributed by atoms with van der Waals surface area (Å²) in [5, 5.41) is 11.7. The van der Waals surface area contributed by atoms with Crippen LogP contribution in [0.3, 0.4) is 0 Å². The third kappa shape index (κ3) is 3.56. The van der Waals surface area contributed by atoms with Crippen molar-refractivity contribution in [2.75, 3.05) is 5.32 Å². The summed E-state index contributed by atoms with van der Waals surface area (Å²) in [6.45, 7) is 6.97. The van der Waals surface area contributed by atoms with E-state index in [1.165, 1.54) is 10.9 Å². The van der Waals surface area contributed by atoms with Crippen molar-refractivity contribution in [2.45, 2.75) is 26.2 Å². The van der Waals surface area contributed by atoms with E-state index in [1.54, 1.807) is 19.2 Å². The highest BCUT2D eigenvalue weighted by Gasteiger charge is 2.27. The molecule has 1 aliphatic rings. The number of carbonyl (C=O) groups excluding carboxylic acids is 1. The lowest BCUT2D eigenvalue weighted by Crippen LogP contribution is -2.36. The third-order valence-electron chi connectivity index (χ3n) is 5.69. The first-order valence-electron chi connectivity index (χ1n) is 10.4. The lowest BCUT2D eigenvalue weighted by molar-refractivity contribution is 0.101. The monoisotopic (exact) mass is 465 g/mol. The van der Waals surface area contributed by atoms with Gasteiger partial charge in [-0.2, -0.15) is 5.10 Å². The maximum atomic E-state index is 14.9. The van der Waals surface area contributed by atoms with Crippen LogP contribution in [0.5, 0.6) is 0 Å². The molecule has 1 aliphatic heterocycles. The van der Waals surface area contributed by atoms with Gasteiger partial charge < -0.3 is 9.84 Å². The average molecular weight is 466 g/mol. The molecule has 10 heteroatoms. The molecule has 0 fully saturated rings. The zero-order valence-corrected chi connectivity index (χ0v) is 19.5. The lowest BCUT2D eigenvalue weighted by atomic mass is 10.0. The van der Waals surface area contributed by atoms with Crippen molar-refractivity contribution < 1.29 is 18.1 Å². The predicted octanol–water partition coefficient (Wildman–Crippen LogP) is 3.99. The fourth-order valence-corrected chi connectivity index (χ4v) is 4.73. The van der Waals surface area contributed by atoms with Crippen LogP contribution in [0.2, 0.25) is 19.6 Å². The van der Waals surface area contributed by atoms with Crippen molar-refractivity contribution in [2.24, 2.45) is 12.0 Å². The minimum Gasteiger partial charge on any atom is -0.366 e. The molecule has 0 bridgehead atoms. The van der Waals surface area contributed by atoms with Crippen molar-refractivity contribution >= 4 is 41.7 Å². The van der Waals surface area contributed by atoms with E-state index in [4.69, 9.17) is 4.52 Å². The van der Waals surface area contributed by atoms with Gasteiger partial charge in [-0.15, -0.1) is 0 Å². The highest BCUT2D eigenvalue weighted by Crippen LogP contribution is 2.28. The second-order valence-corrected chi connectivity index (χ2v) is 14.1. The molecule has 168 valence electrons. The maximum absolute atomic E-state index is 14.9. The van der Waals surface area contributed by atoms with E-state index in [2.05, 4.69) is 40.2 Å². The van der Waals surface area contributed by atoms with Crippen LogP contribution in [-0.4, -0.2) is 34.6 Å². The van der Waals surface area contributed by atoms with Crippen molar-refractivity contribution in [3.63, 3.8) is 0 Å². The smallest absolute Gasteiger partial charge is 0.261 e. The molecule has 2 aromatic heterocycles. The number of halogens is 2. The first kappa shape index (κ1) is 21.2. The Morgan fingerprint density at radius 2 is 1.97 bits per heavy atom. The minimum absolute atomic E-state index is 0.0802. The van der Waals surface area contributed by atoms with Gasteiger partial charge in [-0.3, -0.25) is 14.5 Å². The van der Waals surface area contributed by atoms with E-state index >= 15 is 0 Å². The number of hydrogen-bond acceptors (Lipinski definition) is 5. The van der Waals surface area contributed by atoms with Crippen molar-refractivity contribution in [1.29, 1.82) is 0 Å². The van der Waals surface area contributed by atoms with E-state index in [1.807, 2.05) is 12.1 Å². The fourth-order valence-electron chi connectivity index (χ4n) is 3.84. The molecular formula is C23H21F2N5O2Si. The number of aryl methyl sites for hydroxylation is 1. The Balaban J connectivity index is 1.46. The van der Waals surface area contributed by atoms with Gasteiger partial charge in [0.25, 0.3) is 5.91 Å².